The quantitative estimate of drug-likeness (QED) is 0.313. The smallest absolute Gasteiger partial charge is 0.348 e. The third-order valence-electron chi connectivity index (χ3n) is 5.81. The summed E-state index contributed by atoms with van der Waals surface area (Å²) in [6.07, 6.45) is 8.16. The van der Waals surface area contributed by atoms with Crippen molar-refractivity contribution in [3.63, 3.8) is 0 Å². The molecule has 1 fully saturated rings. The van der Waals surface area contributed by atoms with E-state index in [1.807, 2.05) is 44.2 Å². The minimum atomic E-state index is -0.883. The van der Waals surface area contributed by atoms with E-state index in [0.717, 1.165) is 44.1 Å². The Morgan fingerprint density at radius 1 is 1.06 bits per heavy atom. The average molecular weight is 447 g/mol. The number of unbranched alkanes of at least 4 members (excludes halogenated alkanes) is 7. The van der Waals surface area contributed by atoms with Crippen LogP contribution in [0.5, 0.6) is 0 Å². The molecule has 0 radical (unpaired) electrons. The summed E-state index contributed by atoms with van der Waals surface area (Å²) >= 11 is 0. The maximum Gasteiger partial charge on any atom is 0.348 e. The topological polar surface area (TPSA) is 108 Å². The number of nitrogens with one attached hydrogen (secondary N) is 1. The van der Waals surface area contributed by atoms with Gasteiger partial charge in [0.1, 0.15) is 12.6 Å². The van der Waals surface area contributed by atoms with Crippen LogP contribution < -0.4 is 11.1 Å². The lowest BCUT2D eigenvalue weighted by molar-refractivity contribution is -0.164. The van der Waals surface area contributed by atoms with Gasteiger partial charge < -0.3 is 20.5 Å². The fourth-order valence-corrected chi connectivity index (χ4v) is 3.83. The molecular formula is C25H38N2O5. The largest absolute Gasteiger partial charge is 0.462 e. The van der Waals surface area contributed by atoms with Crippen molar-refractivity contribution in [3.05, 3.63) is 35.9 Å². The number of benzene rings is 1. The first-order valence-corrected chi connectivity index (χ1v) is 11.7. The summed E-state index contributed by atoms with van der Waals surface area (Å²) in [5, 5.41) is 3.31. The zero-order valence-corrected chi connectivity index (χ0v) is 19.4. The van der Waals surface area contributed by atoms with Gasteiger partial charge in [-0.2, -0.15) is 0 Å². The lowest BCUT2D eigenvalue weighted by Gasteiger charge is -2.25. The second-order valence-corrected chi connectivity index (χ2v) is 9.26. The molecule has 7 heteroatoms. The summed E-state index contributed by atoms with van der Waals surface area (Å²) in [5.74, 6) is -1.16. The van der Waals surface area contributed by atoms with Crippen LogP contribution >= 0.6 is 0 Å². The van der Waals surface area contributed by atoms with E-state index in [2.05, 4.69) is 5.32 Å². The molecule has 0 aliphatic carbocycles. The van der Waals surface area contributed by atoms with Crippen LogP contribution in [-0.2, 0) is 23.9 Å². The van der Waals surface area contributed by atoms with E-state index < -0.39 is 29.5 Å². The number of carbonyl (C=O) groups is 3. The van der Waals surface area contributed by atoms with E-state index in [4.69, 9.17) is 15.2 Å². The van der Waals surface area contributed by atoms with Crippen molar-refractivity contribution >= 4 is 17.8 Å². The van der Waals surface area contributed by atoms with E-state index in [-0.39, 0.29) is 12.5 Å². The van der Waals surface area contributed by atoms with E-state index in [1.165, 1.54) is 12.8 Å². The Morgan fingerprint density at radius 2 is 1.66 bits per heavy atom. The first-order chi connectivity index (χ1) is 15.3. The van der Waals surface area contributed by atoms with Crippen LogP contribution in [0, 0.1) is 5.41 Å². The van der Waals surface area contributed by atoms with Gasteiger partial charge >= 0.3 is 11.9 Å². The lowest BCUT2D eigenvalue weighted by Crippen LogP contribution is -2.39. The van der Waals surface area contributed by atoms with E-state index in [9.17, 15) is 14.4 Å². The van der Waals surface area contributed by atoms with Crippen LogP contribution in [0.25, 0.3) is 0 Å². The van der Waals surface area contributed by atoms with Crippen molar-refractivity contribution in [2.75, 3.05) is 13.2 Å². The number of cyclic esters (lactones) is 1. The minimum absolute atomic E-state index is 0.220. The van der Waals surface area contributed by atoms with Gasteiger partial charge in [-0.15, -0.1) is 0 Å². The molecule has 1 aromatic carbocycles. The molecule has 0 saturated carbocycles. The van der Waals surface area contributed by atoms with E-state index in [1.54, 1.807) is 0 Å². The Morgan fingerprint density at radius 3 is 2.22 bits per heavy atom. The molecule has 1 aliphatic heterocycles. The summed E-state index contributed by atoms with van der Waals surface area (Å²) in [5.41, 5.74) is 5.43. The third-order valence-corrected chi connectivity index (χ3v) is 5.81. The molecule has 2 atom stereocenters. The predicted molar refractivity (Wildman–Crippen MR) is 123 cm³/mol. The predicted octanol–water partition coefficient (Wildman–Crippen LogP) is 3.81. The molecule has 0 spiro atoms. The summed E-state index contributed by atoms with van der Waals surface area (Å²) < 4.78 is 10.7. The average Bonchev–Trinajstić information content (AvgIpc) is 3.01. The Kier molecular flexibility index (Phi) is 10.7. The number of esters is 2. The molecule has 32 heavy (non-hydrogen) atoms. The number of hydrogen-bond acceptors (Lipinski definition) is 6. The molecule has 7 nitrogen and oxygen atoms in total. The van der Waals surface area contributed by atoms with Crippen LogP contribution in [0.2, 0.25) is 0 Å². The lowest BCUT2D eigenvalue weighted by atomic mass is 9.89. The van der Waals surface area contributed by atoms with Gasteiger partial charge in [-0.25, -0.2) is 9.59 Å². The number of rotatable bonds is 15. The number of nitrogens with two attached hydrogens (primary N) is 1. The van der Waals surface area contributed by atoms with Gasteiger partial charge in [-0.1, -0.05) is 82.7 Å². The normalized spacial score (nSPS) is 18.2. The SMILES string of the molecule is CC1(C)COC(=O)[C@@H]1OC(=O)[C@@H](NCCCCCCCCCCC(N)=O)c1ccccc1. The molecule has 2 rings (SSSR count). The fraction of sp³-hybridized carbons (Fsp3) is 0.640. The Bertz CT molecular complexity index is 735. The second-order valence-electron chi connectivity index (χ2n) is 9.26. The van der Waals surface area contributed by atoms with Crippen LogP contribution in [0.3, 0.4) is 0 Å². The first kappa shape index (κ1) is 25.8. The number of ether oxygens (including phenoxy) is 2. The third kappa shape index (κ3) is 8.61. The minimum Gasteiger partial charge on any atom is -0.462 e. The summed E-state index contributed by atoms with van der Waals surface area (Å²) in [4.78, 5) is 35.7. The van der Waals surface area contributed by atoms with Crippen LogP contribution in [0.1, 0.15) is 83.2 Å². The molecule has 1 amide bonds. The maximum atomic E-state index is 12.9. The number of hydrogen-bond donors (Lipinski definition) is 2. The van der Waals surface area contributed by atoms with Gasteiger partial charge in [0.2, 0.25) is 12.0 Å². The molecule has 0 aromatic heterocycles. The second kappa shape index (κ2) is 13.2. The van der Waals surface area contributed by atoms with Crippen molar-refractivity contribution in [2.45, 2.75) is 83.8 Å². The zero-order valence-electron chi connectivity index (χ0n) is 19.4. The van der Waals surface area contributed by atoms with Crippen molar-refractivity contribution < 1.29 is 23.9 Å². The molecule has 0 unspecified atom stereocenters. The highest BCUT2D eigenvalue weighted by Gasteiger charge is 2.47. The summed E-state index contributed by atoms with van der Waals surface area (Å²) in [6.45, 7) is 4.65. The molecule has 0 bridgehead atoms. The van der Waals surface area contributed by atoms with Gasteiger partial charge in [0.15, 0.2) is 0 Å². The molecular weight excluding hydrogens is 408 g/mol. The highest BCUT2D eigenvalue weighted by atomic mass is 16.6. The Labute approximate surface area is 191 Å². The fourth-order valence-electron chi connectivity index (χ4n) is 3.83. The van der Waals surface area contributed by atoms with Crippen molar-refractivity contribution in [1.82, 2.24) is 5.32 Å². The number of primary amides is 1. The Hall–Kier alpha value is -2.41. The molecule has 1 aromatic rings. The monoisotopic (exact) mass is 446 g/mol. The van der Waals surface area contributed by atoms with Crippen molar-refractivity contribution in [3.8, 4) is 0 Å². The zero-order chi connectivity index (χ0) is 23.4. The van der Waals surface area contributed by atoms with Crippen LogP contribution in [-0.4, -0.2) is 37.1 Å². The summed E-state index contributed by atoms with van der Waals surface area (Å²) in [6, 6.07) is 8.82. The van der Waals surface area contributed by atoms with Gasteiger partial charge in [-0.3, -0.25) is 4.79 Å². The van der Waals surface area contributed by atoms with Crippen LogP contribution in [0.4, 0.5) is 0 Å². The first-order valence-electron chi connectivity index (χ1n) is 11.7. The molecule has 1 saturated heterocycles. The molecule has 178 valence electrons. The van der Waals surface area contributed by atoms with Crippen LogP contribution in [0.15, 0.2) is 30.3 Å². The van der Waals surface area contributed by atoms with Crippen molar-refractivity contribution in [1.29, 1.82) is 0 Å². The number of amides is 1. The van der Waals surface area contributed by atoms with Crippen molar-refractivity contribution in [2.24, 2.45) is 11.1 Å². The van der Waals surface area contributed by atoms with E-state index >= 15 is 0 Å². The molecule has 3 N–H and O–H groups in total. The van der Waals surface area contributed by atoms with Gasteiger partial charge in [0, 0.05) is 11.8 Å². The van der Waals surface area contributed by atoms with E-state index in [0.29, 0.717) is 13.0 Å². The number of carbonyl (C=O) groups excluding carboxylic acids is 3. The van der Waals surface area contributed by atoms with Gasteiger partial charge in [0.05, 0.1) is 0 Å². The standard InChI is InChI=1S/C25H38N2O5/c1-25(2)18-31-24(30)22(25)32-23(29)21(19-14-10-9-11-15-19)27-17-13-8-6-4-3-5-7-12-16-20(26)28/h9-11,14-15,21-22,27H,3-8,12-13,16-18H2,1-2H3,(H2,26,28)/t21-,22-/m0/s1. The highest BCUT2D eigenvalue weighted by molar-refractivity contribution is 5.84. The maximum absolute atomic E-state index is 12.9. The molecule has 1 aliphatic rings. The Balaban J connectivity index is 1.73. The highest BCUT2D eigenvalue weighted by Crippen LogP contribution is 2.32. The molecule has 1 heterocycles. The van der Waals surface area contributed by atoms with Gasteiger partial charge in [-0.05, 0) is 24.9 Å². The summed E-state index contributed by atoms with van der Waals surface area (Å²) in [7, 11) is 0. The van der Waals surface area contributed by atoms with Gasteiger partial charge in [0.25, 0.3) is 0 Å².